The van der Waals surface area contributed by atoms with Gasteiger partial charge in [-0.2, -0.15) is 4.98 Å². The number of amides is 1. The number of hydrogen-bond donors (Lipinski definition) is 0. The van der Waals surface area contributed by atoms with E-state index in [1.807, 2.05) is 59.5 Å². The zero-order valence-corrected chi connectivity index (χ0v) is 17.7. The number of ether oxygens (including phenoxy) is 2. The van der Waals surface area contributed by atoms with Gasteiger partial charge in [-0.3, -0.25) is 4.79 Å². The van der Waals surface area contributed by atoms with Crippen LogP contribution < -0.4 is 9.47 Å². The first kappa shape index (κ1) is 20.2. The fourth-order valence-electron chi connectivity index (χ4n) is 3.95. The minimum atomic E-state index is 0.0109. The van der Waals surface area contributed by atoms with Gasteiger partial charge in [0.15, 0.2) is 0 Å². The summed E-state index contributed by atoms with van der Waals surface area (Å²) in [6.45, 7) is 0.729. The van der Waals surface area contributed by atoms with E-state index in [4.69, 9.17) is 21.1 Å². The number of aromatic nitrogens is 1. The van der Waals surface area contributed by atoms with Crippen LogP contribution in [-0.4, -0.2) is 36.6 Å². The van der Waals surface area contributed by atoms with E-state index < -0.39 is 0 Å². The lowest BCUT2D eigenvalue weighted by molar-refractivity contribution is 0.0736. The third kappa shape index (κ3) is 3.85. The third-order valence-electron chi connectivity index (χ3n) is 5.46. The van der Waals surface area contributed by atoms with Gasteiger partial charge in [0.1, 0.15) is 0 Å². The molecule has 2 heterocycles. The Morgan fingerprint density at radius 1 is 1.03 bits per heavy atom. The summed E-state index contributed by atoms with van der Waals surface area (Å²) >= 11 is 6.39. The van der Waals surface area contributed by atoms with Crippen molar-refractivity contribution in [2.75, 3.05) is 20.8 Å². The van der Waals surface area contributed by atoms with Gasteiger partial charge in [-0.15, -0.1) is 0 Å². The van der Waals surface area contributed by atoms with Crippen molar-refractivity contribution in [2.24, 2.45) is 0 Å². The van der Waals surface area contributed by atoms with Gasteiger partial charge in [0.05, 0.1) is 20.3 Å². The predicted octanol–water partition coefficient (Wildman–Crippen LogP) is 5.40. The van der Waals surface area contributed by atoms with Crippen molar-refractivity contribution in [1.29, 1.82) is 0 Å². The molecule has 5 nitrogen and oxygen atoms in total. The molecule has 0 radical (unpaired) electrons. The fourth-order valence-corrected chi connectivity index (χ4v) is 4.21. The van der Waals surface area contributed by atoms with Crippen LogP contribution in [0.2, 0.25) is 5.02 Å². The quantitative estimate of drug-likeness (QED) is 0.552. The number of pyridine rings is 1. The number of methoxy groups -OCH3 is 2. The summed E-state index contributed by atoms with van der Waals surface area (Å²) in [5, 5.41) is 0.705. The SMILES string of the molecule is COc1ccc(-c2ccc(C(=O)N3CCC[C@@H]3c3ccccc3Cl)cc2)c(OC)n1. The van der Waals surface area contributed by atoms with E-state index in [1.165, 1.54) is 0 Å². The molecular formula is C24H23ClN2O3. The Balaban J connectivity index is 1.58. The van der Waals surface area contributed by atoms with E-state index in [0.717, 1.165) is 36.1 Å². The first-order valence-electron chi connectivity index (χ1n) is 9.87. The van der Waals surface area contributed by atoms with Gasteiger partial charge in [0.2, 0.25) is 11.8 Å². The van der Waals surface area contributed by atoms with Crippen molar-refractivity contribution in [1.82, 2.24) is 9.88 Å². The van der Waals surface area contributed by atoms with E-state index in [-0.39, 0.29) is 11.9 Å². The zero-order valence-electron chi connectivity index (χ0n) is 17.0. The van der Waals surface area contributed by atoms with Crippen molar-refractivity contribution >= 4 is 17.5 Å². The number of halogens is 1. The molecule has 154 valence electrons. The maximum Gasteiger partial charge on any atom is 0.254 e. The van der Waals surface area contributed by atoms with Crippen molar-refractivity contribution in [2.45, 2.75) is 18.9 Å². The molecule has 3 aromatic rings. The topological polar surface area (TPSA) is 51.7 Å². The Morgan fingerprint density at radius 2 is 1.80 bits per heavy atom. The van der Waals surface area contributed by atoms with Crippen molar-refractivity contribution in [3.63, 3.8) is 0 Å². The van der Waals surface area contributed by atoms with Gasteiger partial charge in [-0.05, 0) is 48.2 Å². The maximum atomic E-state index is 13.2. The van der Waals surface area contributed by atoms with Gasteiger partial charge < -0.3 is 14.4 Å². The highest BCUT2D eigenvalue weighted by Gasteiger charge is 2.31. The highest BCUT2D eigenvalue weighted by Crippen LogP contribution is 2.37. The molecule has 2 aromatic carbocycles. The summed E-state index contributed by atoms with van der Waals surface area (Å²) in [6, 6.07) is 19.0. The molecule has 4 rings (SSSR count). The van der Waals surface area contributed by atoms with E-state index in [2.05, 4.69) is 4.98 Å². The molecule has 0 spiro atoms. The maximum absolute atomic E-state index is 13.2. The molecule has 1 amide bonds. The highest BCUT2D eigenvalue weighted by atomic mass is 35.5. The minimum absolute atomic E-state index is 0.0109. The number of benzene rings is 2. The monoisotopic (exact) mass is 422 g/mol. The average molecular weight is 423 g/mol. The number of likely N-dealkylation sites (tertiary alicyclic amines) is 1. The fraction of sp³-hybridized carbons (Fsp3) is 0.250. The number of rotatable bonds is 5. The lowest BCUT2D eigenvalue weighted by Crippen LogP contribution is -2.30. The normalized spacial score (nSPS) is 15.8. The van der Waals surface area contributed by atoms with Crippen LogP contribution in [0.4, 0.5) is 0 Å². The number of hydrogen-bond acceptors (Lipinski definition) is 4. The summed E-state index contributed by atoms with van der Waals surface area (Å²) in [7, 11) is 3.14. The van der Waals surface area contributed by atoms with Crippen LogP contribution in [0, 0.1) is 0 Å². The van der Waals surface area contributed by atoms with Crippen molar-refractivity contribution in [3.8, 4) is 22.9 Å². The van der Waals surface area contributed by atoms with E-state index in [9.17, 15) is 4.79 Å². The second-order valence-corrected chi connectivity index (χ2v) is 7.57. The molecule has 6 heteroatoms. The molecule has 1 aromatic heterocycles. The standard InChI is InChI=1S/C24H23ClN2O3/c1-29-22-14-13-18(23(26-22)30-2)16-9-11-17(12-10-16)24(28)27-15-5-8-21(27)19-6-3-4-7-20(19)25/h3-4,6-7,9-14,21H,5,8,15H2,1-2H3/t21-/m1/s1. The van der Waals surface area contributed by atoms with Gasteiger partial charge in [-0.1, -0.05) is 41.9 Å². The second-order valence-electron chi connectivity index (χ2n) is 7.17. The predicted molar refractivity (Wildman–Crippen MR) is 117 cm³/mol. The first-order chi connectivity index (χ1) is 14.6. The molecule has 1 atom stereocenters. The number of carbonyl (C=O) groups excluding carboxylic acids is 1. The molecule has 0 bridgehead atoms. The zero-order chi connectivity index (χ0) is 21.1. The molecule has 1 saturated heterocycles. The van der Waals surface area contributed by atoms with E-state index in [1.54, 1.807) is 20.3 Å². The molecular weight excluding hydrogens is 400 g/mol. The number of nitrogens with zero attached hydrogens (tertiary/aromatic N) is 2. The van der Waals surface area contributed by atoms with Crippen LogP contribution >= 0.6 is 11.6 Å². The minimum Gasteiger partial charge on any atom is -0.481 e. The molecule has 0 N–H and O–H groups in total. The largest absolute Gasteiger partial charge is 0.481 e. The average Bonchev–Trinajstić information content (AvgIpc) is 3.28. The summed E-state index contributed by atoms with van der Waals surface area (Å²) in [5.41, 5.74) is 3.42. The smallest absolute Gasteiger partial charge is 0.254 e. The van der Waals surface area contributed by atoms with Crippen molar-refractivity contribution in [3.05, 3.63) is 76.8 Å². The van der Waals surface area contributed by atoms with Crippen LogP contribution in [-0.2, 0) is 0 Å². The summed E-state index contributed by atoms with van der Waals surface area (Å²) in [6.07, 6.45) is 1.89. The van der Waals surface area contributed by atoms with Crippen LogP contribution in [0.1, 0.15) is 34.8 Å². The van der Waals surface area contributed by atoms with E-state index in [0.29, 0.717) is 22.3 Å². The molecule has 30 heavy (non-hydrogen) atoms. The highest BCUT2D eigenvalue weighted by molar-refractivity contribution is 6.31. The summed E-state index contributed by atoms with van der Waals surface area (Å²) in [5.74, 6) is 0.984. The Morgan fingerprint density at radius 3 is 2.50 bits per heavy atom. The molecule has 0 saturated carbocycles. The molecule has 1 aliphatic heterocycles. The first-order valence-corrected chi connectivity index (χ1v) is 10.2. The van der Waals surface area contributed by atoms with Gasteiger partial charge in [0, 0.05) is 28.8 Å². The Bertz CT molecular complexity index is 1050. The molecule has 0 unspecified atom stereocenters. The van der Waals surface area contributed by atoms with E-state index >= 15 is 0 Å². The van der Waals surface area contributed by atoms with Crippen molar-refractivity contribution < 1.29 is 14.3 Å². The lowest BCUT2D eigenvalue weighted by Gasteiger charge is -2.26. The third-order valence-corrected chi connectivity index (χ3v) is 5.80. The molecule has 1 aliphatic rings. The summed E-state index contributed by atoms with van der Waals surface area (Å²) in [4.78, 5) is 19.5. The second kappa shape index (κ2) is 8.76. The van der Waals surface area contributed by atoms with Gasteiger partial charge in [-0.25, -0.2) is 0 Å². The van der Waals surface area contributed by atoms with Gasteiger partial charge >= 0.3 is 0 Å². The molecule has 1 fully saturated rings. The number of carbonyl (C=O) groups is 1. The van der Waals surface area contributed by atoms with Crippen LogP contribution in [0.5, 0.6) is 11.8 Å². The van der Waals surface area contributed by atoms with Gasteiger partial charge in [0.25, 0.3) is 5.91 Å². The Kier molecular flexibility index (Phi) is 5.91. The summed E-state index contributed by atoms with van der Waals surface area (Å²) < 4.78 is 10.6. The Labute approximate surface area is 181 Å². The molecule has 0 aliphatic carbocycles. The lowest BCUT2D eigenvalue weighted by atomic mass is 10.0. The van der Waals surface area contributed by atoms with Crippen LogP contribution in [0.25, 0.3) is 11.1 Å². The van der Waals surface area contributed by atoms with Crippen LogP contribution in [0.3, 0.4) is 0 Å². The Hall–Kier alpha value is -3.05. The van der Waals surface area contributed by atoms with Crippen LogP contribution in [0.15, 0.2) is 60.7 Å².